The molecule has 4 rings (SSSR count). The number of carbonyl (C=O) groups is 12. The van der Waals surface area contributed by atoms with Crippen molar-refractivity contribution in [3.8, 4) is 0 Å². The number of nitrogens with two attached hydrogens (primary N) is 7. The Morgan fingerprint density at radius 2 is 0.861 bits per heavy atom. The van der Waals surface area contributed by atoms with Crippen molar-refractivity contribution in [2.75, 3.05) is 52.9 Å². The second kappa shape index (κ2) is 64.3. The lowest BCUT2D eigenvalue weighted by atomic mass is 10.0. The van der Waals surface area contributed by atoms with E-state index in [0.717, 1.165) is 44.9 Å². The molecule has 692 valence electrons. The van der Waals surface area contributed by atoms with Gasteiger partial charge in [0.1, 0.15) is 60.7 Å². The molecule has 3 heterocycles. The number of nitrogens with one attached hydrogen (secondary N) is 11. The number of nitrogens with zero attached hydrogens (tertiary/aromatic N) is 3. The number of carbonyl (C=O) groups excluding carboxylic acids is 12. The van der Waals surface area contributed by atoms with Gasteiger partial charge < -0.3 is 103 Å². The van der Waals surface area contributed by atoms with Crippen LogP contribution in [0.3, 0.4) is 0 Å². The first-order valence-electron chi connectivity index (χ1n) is 46.7. The average molecular weight is 1720 g/mol. The van der Waals surface area contributed by atoms with Gasteiger partial charge in [0.05, 0.1) is 0 Å². The lowest BCUT2D eigenvalue weighted by Crippen LogP contribution is -2.60. The number of aromatic amines is 1. The van der Waals surface area contributed by atoms with E-state index in [1.54, 1.807) is 12.3 Å². The SMILES string of the molecule is CCCCCCCCCCCCCCCC(=O)NCCCC[C@H](NC(=O)CCCCCCCCCCCCCCC)C(=O)N[C@@H](CCCCN)C(=O)N[C@@H](CCCN=C(N)N)C(=O)N[C@@H](CCCCN)C(=O)N[C@@H](CCCNC(N)N)C(=O)N[C@@H](Cc1c[nH]c2ccccc12)C(=O)N[C@@H](CCC(N)=O)C(=O)N1CCC[C@H]1C(=O)N1CCC[C@H]1C(=O)NC. The van der Waals surface area contributed by atoms with Crippen molar-refractivity contribution in [2.24, 2.45) is 45.1 Å². The number of rotatable bonds is 71. The first kappa shape index (κ1) is 106. The molecule has 1 aromatic heterocycles. The van der Waals surface area contributed by atoms with E-state index < -0.39 is 114 Å². The maximum absolute atomic E-state index is 15.2. The number of amides is 12. The summed E-state index contributed by atoms with van der Waals surface area (Å²) in [5.74, 6) is -7.47. The third kappa shape index (κ3) is 43.7. The Hall–Kier alpha value is -8.53. The summed E-state index contributed by atoms with van der Waals surface area (Å²) in [6.45, 7) is 5.96. The fourth-order valence-corrected chi connectivity index (χ4v) is 16.1. The molecular formula is C89H159N21O12. The molecule has 12 amide bonds. The molecule has 1 aromatic carbocycles. The zero-order valence-corrected chi connectivity index (χ0v) is 74.3. The Balaban J connectivity index is 1.60. The Morgan fingerprint density at radius 3 is 1.34 bits per heavy atom. The van der Waals surface area contributed by atoms with Crippen LogP contribution in [0.2, 0.25) is 0 Å². The molecule has 0 bridgehead atoms. The van der Waals surface area contributed by atoms with E-state index >= 15 is 19.2 Å². The highest BCUT2D eigenvalue weighted by atomic mass is 16.2. The van der Waals surface area contributed by atoms with Crippen molar-refractivity contribution in [3.05, 3.63) is 36.0 Å². The van der Waals surface area contributed by atoms with Crippen molar-refractivity contribution in [2.45, 2.75) is 383 Å². The molecule has 0 unspecified atom stereocenters. The number of likely N-dealkylation sites (tertiary alicyclic amines) is 2. The third-order valence-electron chi connectivity index (χ3n) is 23.3. The number of aliphatic imine (C=N–C) groups is 1. The number of aromatic nitrogens is 1. The van der Waals surface area contributed by atoms with Crippen LogP contribution in [0.1, 0.15) is 321 Å². The normalized spacial score (nSPS) is 15.6. The van der Waals surface area contributed by atoms with E-state index in [1.807, 2.05) is 18.2 Å². The van der Waals surface area contributed by atoms with Gasteiger partial charge in [-0.15, -0.1) is 0 Å². The third-order valence-corrected chi connectivity index (χ3v) is 23.3. The summed E-state index contributed by atoms with van der Waals surface area (Å²) in [6, 6.07) is -3.90. The van der Waals surface area contributed by atoms with Crippen LogP contribution in [-0.2, 0) is 64.0 Å². The molecule has 2 aliphatic rings. The Morgan fingerprint density at radius 1 is 0.443 bits per heavy atom. The first-order valence-corrected chi connectivity index (χ1v) is 46.7. The standard InChI is InChI=1S/C89H159N21O12/c1-4-6-8-10-12-14-16-18-20-22-24-26-28-51-77(112)98-57-37-34-46-67(102-78(113)52-29-27-25-23-21-19-17-15-13-11-9-7-5-2)79(114)103-68(44-32-35-55-90)80(115)105-70(47-38-58-99-88(93)94)82(117)104-69(45-33-36-56-91)81(116)106-71(48-39-59-100-89(95)96)83(118)108-73(62-64-63-101-66-43-31-30-42-65(64)66)84(119)107-72(53-54-76(92)111)86(121)110-61-41-50-75(110)87(122)109-60-40-49-74(109)85(120)97-3/h30-31,42-43,63,67-75,89,100-101H,4-29,32-41,44-62,90-91,95-96H2,1-3H3,(H2,92,111)(H,97,120)(H,98,112)(H,102,113)(H,103,114)(H,104,117)(H,105,115)(H,106,116)(H,107,119)(H,108,118)(H4,93,94,99)/t67-,68-,69-,70-,71-,72-,73-,74-,75-/m0/s1. The van der Waals surface area contributed by atoms with Gasteiger partial charge in [0.25, 0.3) is 0 Å². The molecule has 9 atom stereocenters. The van der Waals surface area contributed by atoms with Gasteiger partial charge >= 0.3 is 0 Å². The van der Waals surface area contributed by atoms with E-state index in [2.05, 4.69) is 77.0 Å². The van der Waals surface area contributed by atoms with Gasteiger partial charge in [-0.1, -0.05) is 186 Å². The number of para-hydroxylation sites is 1. The van der Waals surface area contributed by atoms with E-state index in [9.17, 15) is 38.4 Å². The summed E-state index contributed by atoms with van der Waals surface area (Å²) in [4.78, 5) is 182. The van der Waals surface area contributed by atoms with Crippen molar-refractivity contribution in [1.29, 1.82) is 0 Å². The molecule has 122 heavy (non-hydrogen) atoms. The Kier molecular flexibility index (Phi) is 55.7. The molecule has 0 spiro atoms. The van der Waals surface area contributed by atoms with Gasteiger partial charge in [-0.3, -0.25) is 67.8 Å². The zero-order chi connectivity index (χ0) is 89.1. The van der Waals surface area contributed by atoms with Gasteiger partial charge in [-0.05, 0) is 160 Å². The largest absolute Gasteiger partial charge is 0.370 e. The van der Waals surface area contributed by atoms with Gasteiger partial charge in [0.15, 0.2) is 5.96 Å². The Bertz CT molecular complexity index is 3410. The predicted octanol–water partition coefficient (Wildman–Crippen LogP) is 6.23. The van der Waals surface area contributed by atoms with Crippen LogP contribution in [-0.4, -0.2) is 205 Å². The first-order chi connectivity index (χ1) is 59.0. The van der Waals surface area contributed by atoms with Gasteiger partial charge in [-0.25, -0.2) is 0 Å². The van der Waals surface area contributed by atoms with E-state index in [4.69, 9.17) is 40.1 Å². The maximum Gasteiger partial charge on any atom is 0.246 e. The van der Waals surface area contributed by atoms with E-state index in [-0.39, 0.29) is 133 Å². The minimum absolute atomic E-state index is 0.0139. The number of guanidine groups is 1. The highest BCUT2D eigenvalue weighted by molar-refractivity contribution is 5.99. The smallest absolute Gasteiger partial charge is 0.246 e. The molecule has 2 fully saturated rings. The number of likely N-dealkylation sites (N-methyl/N-ethyl adjacent to an activating group) is 1. The molecule has 2 aromatic rings. The second-order valence-corrected chi connectivity index (χ2v) is 33.5. The summed E-state index contributed by atoms with van der Waals surface area (Å²) in [5, 5.41) is 29.3. The van der Waals surface area contributed by atoms with Gasteiger partial charge in [-0.2, -0.15) is 0 Å². The van der Waals surface area contributed by atoms with E-state index in [0.29, 0.717) is 100 Å². The van der Waals surface area contributed by atoms with Crippen molar-refractivity contribution < 1.29 is 57.5 Å². The summed E-state index contributed by atoms with van der Waals surface area (Å²) in [6.07, 6.45) is 35.7. The maximum atomic E-state index is 15.2. The molecule has 33 nitrogen and oxygen atoms in total. The summed E-state index contributed by atoms with van der Waals surface area (Å²) in [7, 11) is 1.48. The number of benzene rings is 1. The van der Waals surface area contributed by atoms with Crippen LogP contribution in [0.5, 0.6) is 0 Å². The highest BCUT2D eigenvalue weighted by Gasteiger charge is 2.44. The fraction of sp³-hybridized carbons (Fsp3) is 0.764. The molecule has 2 aliphatic heterocycles. The van der Waals surface area contributed by atoms with Crippen molar-refractivity contribution in [3.63, 3.8) is 0 Å². The van der Waals surface area contributed by atoms with Crippen LogP contribution in [0.15, 0.2) is 35.5 Å². The van der Waals surface area contributed by atoms with Crippen molar-refractivity contribution in [1.82, 2.24) is 68.0 Å². The van der Waals surface area contributed by atoms with Crippen LogP contribution >= 0.6 is 0 Å². The molecular weight excluding hydrogens is 1560 g/mol. The highest BCUT2D eigenvalue weighted by Crippen LogP contribution is 2.28. The fourth-order valence-electron chi connectivity index (χ4n) is 16.1. The number of unbranched alkanes of at least 4 members (excludes halogenated alkanes) is 27. The van der Waals surface area contributed by atoms with Crippen LogP contribution in [0, 0.1) is 0 Å². The summed E-state index contributed by atoms with van der Waals surface area (Å²) >= 11 is 0. The summed E-state index contributed by atoms with van der Waals surface area (Å²) in [5.41, 5.74) is 42.1. The number of hydrogen-bond donors (Lipinski definition) is 18. The molecule has 0 radical (unpaired) electrons. The minimum Gasteiger partial charge on any atom is -0.370 e. The van der Waals surface area contributed by atoms with Crippen LogP contribution in [0.4, 0.5) is 0 Å². The van der Waals surface area contributed by atoms with Crippen LogP contribution in [0.25, 0.3) is 10.9 Å². The molecule has 25 N–H and O–H groups in total. The predicted molar refractivity (Wildman–Crippen MR) is 480 cm³/mol. The molecule has 2 saturated heterocycles. The van der Waals surface area contributed by atoms with Crippen LogP contribution < -0.4 is 93.3 Å². The number of primary amides is 1. The number of hydrogen-bond acceptors (Lipinski definition) is 18. The lowest BCUT2D eigenvalue weighted by molar-refractivity contribution is -0.148. The van der Waals surface area contributed by atoms with Crippen molar-refractivity contribution >= 4 is 87.7 Å². The monoisotopic (exact) mass is 1710 g/mol. The molecule has 33 heteroatoms. The second-order valence-electron chi connectivity index (χ2n) is 33.5. The van der Waals surface area contributed by atoms with Gasteiger partial charge in [0, 0.05) is 76.0 Å². The average Bonchev–Trinajstić information content (AvgIpc) is 1.64. The quantitative estimate of drug-likeness (QED) is 0.0151. The van der Waals surface area contributed by atoms with E-state index in [1.165, 1.54) is 132 Å². The summed E-state index contributed by atoms with van der Waals surface area (Å²) < 4.78 is 0. The molecule has 0 saturated carbocycles. The number of fused-ring (bicyclic) bond motifs is 1. The zero-order valence-electron chi connectivity index (χ0n) is 74.3. The van der Waals surface area contributed by atoms with Gasteiger partial charge in [0.2, 0.25) is 70.9 Å². The minimum atomic E-state index is -1.49. The lowest BCUT2D eigenvalue weighted by Gasteiger charge is -2.33. The molecule has 0 aliphatic carbocycles. The topological polar surface area (TPSA) is 542 Å². The number of H-pyrrole nitrogens is 1. The Labute approximate surface area is 726 Å².